The summed E-state index contributed by atoms with van der Waals surface area (Å²) >= 11 is 0. The molecule has 6 heteroatoms. The van der Waals surface area contributed by atoms with Crippen LogP contribution < -0.4 is 10.2 Å². The van der Waals surface area contributed by atoms with E-state index in [4.69, 9.17) is 0 Å². The lowest BCUT2D eigenvalue weighted by molar-refractivity contribution is -0.131. The van der Waals surface area contributed by atoms with Crippen LogP contribution in [-0.2, 0) is 9.59 Å². The van der Waals surface area contributed by atoms with Crippen LogP contribution in [0, 0.1) is 26.7 Å². The molecule has 1 aliphatic rings. The summed E-state index contributed by atoms with van der Waals surface area (Å²) in [6.07, 6.45) is 1.29. The molecule has 0 aromatic heterocycles. The summed E-state index contributed by atoms with van der Waals surface area (Å²) in [6.45, 7) is 5.79. The molecule has 4 amide bonds. The Morgan fingerprint density at radius 2 is 1.62 bits per heavy atom. The van der Waals surface area contributed by atoms with Crippen molar-refractivity contribution in [2.75, 3.05) is 4.90 Å². The minimum atomic E-state index is -1.16. The highest BCUT2D eigenvalue weighted by molar-refractivity contribution is 6.32. The van der Waals surface area contributed by atoms with Crippen molar-refractivity contribution in [2.45, 2.75) is 20.8 Å². The second-order valence-electron chi connectivity index (χ2n) is 6.35. The number of nitrogens with zero attached hydrogens (tertiary/aromatic N) is 2. The summed E-state index contributed by atoms with van der Waals surface area (Å²) in [6, 6.07) is 11.9. The highest BCUT2D eigenvalue weighted by Crippen LogP contribution is 2.23. The van der Waals surface area contributed by atoms with E-state index < -0.39 is 23.8 Å². The fourth-order valence-electron chi connectivity index (χ4n) is 2.77. The van der Waals surface area contributed by atoms with Crippen LogP contribution in [0.2, 0.25) is 0 Å². The fraction of sp³-hybridized carbons (Fsp3) is 0.200. The summed E-state index contributed by atoms with van der Waals surface area (Å²) in [5.41, 5.74) is 4.13. The van der Waals surface area contributed by atoms with Gasteiger partial charge in [-0.15, -0.1) is 0 Å². The van der Waals surface area contributed by atoms with Gasteiger partial charge in [-0.2, -0.15) is 0 Å². The summed E-state index contributed by atoms with van der Waals surface area (Å²) in [5.74, 6) is -2.44. The standard InChI is InChI=1S/C20H19N3O3/c1-12-4-7-15(8-5-12)23-19(25)16(18(24)22-20(23)26)11-21-17-9-6-13(2)10-14(17)3/h4-11,16H,1-3H3,(H,22,24,26)/t16-/m1/s1. The smallest absolute Gasteiger partial charge is 0.276 e. The van der Waals surface area contributed by atoms with Gasteiger partial charge in [0.1, 0.15) is 0 Å². The molecular weight excluding hydrogens is 330 g/mol. The van der Waals surface area contributed by atoms with Crippen molar-refractivity contribution in [3.63, 3.8) is 0 Å². The number of barbiturate groups is 1. The lowest BCUT2D eigenvalue weighted by Gasteiger charge is -2.28. The fourth-order valence-corrected chi connectivity index (χ4v) is 2.77. The number of hydrogen-bond acceptors (Lipinski definition) is 4. The number of aryl methyl sites for hydroxylation is 3. The van der Waals surface area contributed by atoms with Gasteiger partial charge in [-0.05, 0) is 44.5 Å². The Bertz CT molecular complexity index is 916. The van der Waals surface area contributed by atoms with E-state index in [1.54, 1.807) is 24.3 Å². The number of nitrogens with one attached hydrogen (secondary N) is 1. The molecule has 6 nitrogen and oxygen atoms in total. The molecule has 0 spiro atoms. The van der Waals surface area contributed by atoms with E-state index in [0.29, 0.717) is 11.4 Å². The molecule has 2 aromatic carbocycles. The topological polar surface area (TPSA) is 78.8 Å². The first kappa shape index (κ1) is 17.5. The summed E-state index contributed by atoms with van der Waals surface area (Å²) in [7, 11) is 0. The summed E-state index contributed by atoms with van der Waals surface area (Å²) in [5, 5.41) is 2.22. The third kappa shape index (κ3) is 3.39. The average molecular weight is 349 g/mol. The van der Waals surface area contributed by atoms with E-state index in [-0.39, 0.29) is 0 Å². The SMILES string of the molecule is Cc1ccc(N2C(=O)NC(=O)[C@@H](C=Nc3ccc(C)cc3C)C2=O)cc1. The van der Waals surface area contributed by atoms with Crippen LogP contribution in [0.5, 0.6) is 0 Å². The highest BCUT2D eigenvalue weighted by atomic mass is 16.2. The number of imide groups is 2. The molecular formula is C20H19N3O3. The van der Waals surface area contributed by atoms with E-state index in [2.05, 4.69) is 10.3 Å². The van der Waals surface area contributed by atoms with Gasteiger partial charge in [0.05, 0.1) is 11.4 Å². The number of rotatable bonds is 3. The van der Waals surface area contributed by atoms with E-state index in [1.807, 2.05) is 39.0 Å². The third-order valence-electron chi connectivity index (χ3n) is 4.21. The Morgan fingerprint density at radius 1 is 0.962 bits per heavy atom. The van der Waals surface area contributed by atoms with E-state index in [0.717, 1.165) is 21.6 Å². The highest BCUT2D eigenvalue weighted by Gasteiger charge is 2.40. The van der Waals surface area contributed by atoms with E-state index >= 15 is 0 Å². The maximum absolute atomic E-state index is 12.7. The number of anilines is 1. The maximum atomic E-state index is 12.7. The van der Waals surface area contributed by atoms with Crippen molar-refractivity contribution in [3.05, 3.63) is 59.2 Å². The largest absolute Gasteiger partial charge is 0.335 e. The lowest BCUT2D eigenvalue weighted by atomic mass is 10.1. The summed E-state index contributed by atoms with van der Waals surface area (Å²) < 4.78 is 0. The van der Waals surface area contributed by atoms with Crippen LogP contribution in [0.4, 0.5) is 16.2 Å². The van der Waals surface area contributed by atoms with Gasteiger partial charge in [0.2, 0.25) is 5.91 Å². The molecule has 1 saturated heterocycles. The molecule has 1 heterocycles. The van der Waals surface area contributed by atoms with Crippen LogP contribution in [0.3, 0.4) is 0 Å². The zero-order valence-corrected chi connectivity index (χ0v) is 14.8. The summed E-state index contributed by atoms with van der Waals surface area (Å²) in [4.78, 5) is 42.3. The first-order valence-corrected chi connectivity index (χ1v) is 8.24. The van der Waals surface area contributed by atoms with Crippen LogP contribution in [-0.4, -0.2) is 24.1 Å². The first-order valence-electron chi connectivity index (χ1n) is 8.24. The number of benzene rings is 2. The van der Waals surface area contributed by atoms with Gasteiger partial charge in [0, 0.05) is 6.21 Å². The van der Waals surface area contributed by atoms with Gasteiger partial charge in [0.15, 0.2) is 5.92 Å². The first-order chi connectivity index (χ1) is 12.4. The Hall–Kier alpha value is -3.28. The molecule has 1 aliphatic heterocycles. The minimum Gasteiger partial charge on any atom is -0.276 e. The monoisotopic (exact) mass is 349 g/mol. The number of aliphatic imine (C=N–C) groups is 1. The van der Waals surface area contributed by atoms with Gasteiger partial charge >= 0.3 is 6.03 Å². The van der Waals surface area contributed by atoms with Crippen molar-refractivity contribution in [3.8, 4) is 0 Å². The zero-order chi connectivity index (χ0) is 18.8. The Labute approximate surface area is 151 Å². The lowest BCUT2D eigenvalue weighted by Crippen LogP contribution is -2.58. The molecule has 132 valence electrons. The molecule has 0 radical (unpaired) electrons. The molecule has 1 atom stereocenters. The molecule has 0 saturated carbocycles. The van der Waals surface area contributed by atoms with Gasteiger partial charge in [0.25, 0.3) is 5.91 Å². The van der Waals surface area contributed by atoms with Crippen molar-refractivity contribution in [1.29, 1.82) is 0 Å². The maximum Gasteiger partial charge on any atom is 0.335 e. The van der Waals surface area contributed by atoms with Gasteiger partial charge < -0.3 is 0 Å². The molecule has 2 aromatic rings. The predicted molar refractivity (Wildman–Crippen MR) is 99.8 cm³/mol. The molecule has 3 rings (SSSR count). The Kier molecular flexibility index (Phi) is 4.67. The number of carbonyl (C=O) groups excluding carboxylic acids is 3. The predicted octanol–water partition coefficient (Wildman–Crippen LogP) is 3.21. The van der Waals surface area contributed by atoms with Crippen LogP contribution in [0.15, 0.2) is 47.5 Å². The quantitative estimate of drug-likeness (QED) is 0.682. The second kappa shape index (κ2) is 6.92. The van der Waals surface area contributed by atoms with Crippen molar-refractivity contribution < 1.29 is 14.4 Å². The van der Waals surface area contributed by atoms with Crippen LogP contribution >= 0.6 is 0 Å². The second-order valence-corrected chi connectivity index (χ2v) is 6.35. The van der Waals surface area contributed by atoms with Crippen molar-refractivity contribution in [2.24, 2.45) is 10.9 Å². The zero-order valence-electron chi connectivity index (χ0n) is 14.8. The number of carbonyl (C=O) groups is 3. The van der Waals surface area contributed by atoms with E-state index in [1.165, 1.54) is 6.21 Å². The van der Waals surface area contributed by atoms with Crippen LogP contribution in [0.1, 0.15) is 16.7 Å². The van der Waals surface area contributed by atoms with Crippen molar-refractivity contribution >= 4 is 35.4 Å². The minimum absolute atomic E-state index is 0.413. The van der Waals surface area contributed by atoms with Gasteiger partial charge in [-0.1, -0.05) is 35.4 Å². The molecule has 0 aliphatic carbocycles. The van der Waals surface area contributed by atoms with Crippen LogP contribution in [0.25, 0.3) is 0 Å². The molecule has 26 heavy (non-hydrogen) atoms. The Balaban J connectivity index is 1.90. The van der Waals surface area contributed by atoms with Gasteiger partial charge in [-0.25, -0.2) is 9.69 Å². The number of amides is 4. The molecule has 1 N–H and O–H groups in total. The van der Waals surface area contributed by atoms with Gasteiger partial charge in [-0.3, -0.25) is 19.9 Å². The Morgan fingerprint density at radius 3 is 2.27 bits per heavy atom. The van der Waals surface area contributed by atoms with E-state index in [9.17, 15) is 14.4 Å². The molecule has 1 fully saturated rings. The number of urea groups is 1. The molecule has 0 bridgehead atoms. The average Bonchev–Trinajstić information content (AvgIpc) is 2.57. The van der Waals surface area contributed by atoms with Crippen molar-refractivity contribution in [1.82, 2.24) is 5.32 Å². The number of hydrogen-bond donors (Lipinski definition) is 1. The normalized spacial score (nSPS) is 17.7. The molecule has 0 unspecified atom stereocenters. The third-order valence-corrected chi connectivity index (χ3v) is 4.21.